The molecule has 0 spiro atoms. The Morgan fingerprint density at radius 1 is 1.29 bits per heavy atom. The van der Waals surface area contributed by atoms with Crippen LogP contribution in [0.1, 0.15) is 24.1 Å². The van der Waals surface area contributed by atoms with Crippen molar-refractivity contribution in [3.63, 3.8) is 0 Å². The van der Waals surface area contributed by atoms with E-state index in [-0.39, 0.29) is 18.6 Å². The van der Waals surface area contributed by atoms with E-state index in [2.05, 4.69) is 5.32 Å². The first-order valence-corrected chi connectivity index (χ1v) is 6.74. The van der Waals surface area contributed by atoms with Crippen LogP contribution in [-0.2, 0) is 6.54 Å². The second-order valence-corrected chi connectivity index (χ2v) is 4.96. The van der Waals surface area contributed by atoms with Crippen molar-refractivity contribution in [3.8, 4) is 17.2 Å². The van der Waals surface area contributed by atoms with Gasteiger partial charge in [-0.2, -0.15) is 0 Å². The van der Waals surface area contributed by atoms with Gasteiger partial charge in [-0.1, -0.05) is 18.2 Å². The summed E-state index contributed by atoms with van der Waals surface area (Å²) in [7, 11) is 0. The molecule has 0 saturated carbocycles. The highest BCUT2D eigenvalue weighted by Gasteiger charge is 2.18. The number of fused-ring (bicyclic) bond motifs is 1. The Hall–Kier alpha value is -2.27. The Kier molecular flexibility index (Phi) is 3.66. The zero-order chi connectivity index (χ0) is 14.8. The summed E-state index contributed by atoms with van der Waals surface area (Å²) in [4.78, 5) is 0. The molecule has 1 aliphatic rings. The molecule has 5 heteroatoms. The Morgan fingerprint density at radius 3 is 2.95 bits per heavy atom. The number of nitrogens with one attached hydrogen (secondary N) is 1. The van der Waals surface area contributed by atoms with Gasteiger partial charge < -0.3 is 19.9 Å². The van der Waals surface area contributed by atoms with E-state index >= 15 is 0 Å². The Balaban J connectivity index is 1.72. The molecule has 2 aromatic rings. The molecular weight excluding hydrogens is 273 g/mol. The maximum atomic E-state index is 13.0. The van der Waals surface area contributed by atoms with Crippen LogP contribution in [0.5, 0.6) is 17.2 Å². The van der Waals surface area contributed by atoms with Gasteiger partial charge in [0, 0.05) is 29.8 Å². The minimum absolute atomic E-state index is 0.0483. The van der Waals surface area contributed by atoms with Gasteiger partial charge in [-0.15, -0.1) is 0 Å². The fraction of sp³-hybridized carbons (Fsp3) is 0.250. The first kappa shape index (κ1) is 13.7. The molecule has 0 radical (unpaired) electrons. The highest BCUT2D eigenvalue weighted by molar-refractivity contribution is 5.48. The third kappa shape index (κ3) is 2.78. The van der Waals surface area contributed by atoms with Gasteiger partial charge in [-0.25, -0.2) is 4.39 Å². The molecule has 2 aromatic carbocycles. The van der Waals surface area contributed by atoms with Gasteiger partial charge in [0.05, 0.1) is 0 Å². The number of hydrogen-bond acceptors (Lipinski definition) is 4. The van der Waals surface area contributed by atoms with Crippen LogP contribution in [0.25, 0.3) is 0 Å². The lowest BCUT2D eigenvalue weighted by molar-refractivity contribution is 0.173. The van der Waals surface area contributed by atoms with Crippen LogP contribution in [0.3, 0.4) is 0 Å². The fourth-order valence-electron chi connectivity index (χ4n) is 2.39. The number of para-hydroxylation sites is 1. The zero-order valence-corrected chi connectivity index (χ0v) is 11.6. The van der Waals surface area contributed by atoms with E-state index in [0.717, 1.165) is 23.1 Å². The van der Waals surface area contributed by atoms with Crippen molar-refractivity contribution in [1.29, 1.82) is 0 Å². The molecule has 0 aromatic heterocycles. The number of ether oxygens (including phenoxy) is 2. The van der Waals surface area contributed by atoms with Crippen LogP contribution < -0.4 is 14.8 Å². The maximum Gasteiger partial charge on any atom is 0.231 e. The molecule has 1 heterocycles. The summed E-state index contributed by atoms with van der Waals surface area (Å²) < 4.78 is 23.8. The fourth-order valence-corrected chi connectivity index (χ4v) is 2.39. The predicted molar refractivity (Wildman–Crippen MR) is 75.9 cm³/mol. The molecule has 3 rings (SSSR count). The summed E-state index contributed by atoms with van der Waals surface area (Å²) in [5.41, 5.74) is 1.64. The molecule has 21 heavy (non-hydrogen) atoms. The summed E-state index contributed by atoms with van der Waals surface area (Å²) in [6.07, 6.45) is 0. The summed E-state index contributed by atoms with van der Waals surface area (Å²) in [6.45, 7) is 2.71. The normalized spacial score (nSPS) is 14.2. The second kappa shape index (κ2) is 5.61. The molecular formula is C16H16FNO3. The molecule has 1 aliphatic heterocycles. The van der Waals surface area contributed by atoms with Crippen molar-refractivity contribution in [3.05, 3.63) is 53.3 Å². The largest absolute Gasteiger partial charge is 0.508 e. The first-order valence-electron chi connectivity index (χ1n) is 6.74. The van der Waals surface area contributed by atoms with Gasteiger partial charge in [0.1, 0.15) is 11.6 Å². The average Bonchev–Trinajstić information content (AvgIpc) is 2.93. The standard InChI is InChI=1S/C16H16FNO3/c1-10(13-6-5-12(17)7-14(13)19)18-8-11-3-2-4-15-16(11)21-9-20-15/h2-7,10,18-19H,8-9H2,1H3. The number of hydrogen-bond donors (Lipinski definition) is 2. The summed E-state index contributed by atoms with van der Waals surface area (Å²) in [6, 6.07) is 9.64. The number of benzene rings is 2. The predicted octanol–water partition coefficient (Wildman–Crippen LogP) is 3.11. The smallest absolute Gasteiger partial charge is 0.231 e. The average molecular weight is 289 g/mol. The van der Waals surface area contributed by atoms with Crippen molar-refractivity contribution in [1.82, 2.24) is 5.32 Å². The Morgan fingerprint density at radius 2 is 2.14 bits per heavy atom. The molecule has 0 saturated heterocycles. The van der Waals surface area contributed by atoms with E-state index in [4.69, 9.17) is 9.47 Å². The van der Waals surface area contributed by atoms with Crippen LogP contribution in [0.15, 0.2) is 36.4 Å². The zero-order valence-electron chi connectivity index (χ0n) is 11.6. The monoisotopic (exact) mass is 289 g/mol. The van der Waals surface area contributed by atoms with Crippen molar-refractivity contribution in [2.24, 2.45) is 0 Å². The molecule has 0 aliphatic carbocycles. The second-order valence-electron chi connectivity index (χ2n) is 4.96. The Bertz CT molecular complexity index is 660. The minimum Gasteiger partial charge on any atom is -0.508 e. The van der Waals surface area contributed by atoms with Crippen LogP contribution in [0.2, 0.25) is 0 Å². The lowest BCUT2D eigenvalue weighted by Gasteiger charge is -2.16. The quantitative estimate of drug-likeness (QED) is 0.908. The van der Waals surface area contributed by atoms with Gasteiger partial charge in [0.15, 0.2) is 11.5 Å². The van der Waals surface area contributed by atoms with Crippen LogP contribution in [-0.4, -0.2) is 11.9 Å². The molecule has 0 fully saturated rings. The summed E-state index contributed by atoms with van der Waals surface area (Å²) in [5, 5.41) is 13.1. The van der Waals surface area contributed by atoms with Crippen LogP contribution in [0, 0.1) is 5.82 Å². The van der Waals surface area contributed by atoms with Gasteiger partial charge in [-0.05, 0) is 19.1 Å². The topological polar surface area (TPSA) is 50.7 Å². The van der Waals surface area contributed by atoms with Crippen molar-refractivity contribution < 1.29 is 19.0 Å². The van der Waals surface area contributed by atoms with Gasteiger partial charge in [-0.3, -0.25) is 0 Å². The van der Waals surface area contributed by atoms with E-state index in [1.807, 2.05) is 25.1 Å². The van der Waals surface area contributed by atoms with Gasteiger partial charge in [0.2, 0.25) is 6.79 Å². The van der Waals surface area contributed by atoms with E-state index in [1.54, 1.807) is 6.07 Å². The number of phenolic OH excluding ortho intramolecular Hbond substituents is 1. The SMILES string of the molecule is CC(NCc1cccc2c1OCO2)c1ccc(F)cc1O. The lowest BCUT2D eigenvalue weighted by atomic mass is 10.1. The third-order valence-electron chi connectivity index (χ3n) is 3.54. The first-order chi connectivity index (χ1) is 10.1. The number of halogens is 1. The maximum absolute atomic E-state index is 13.0. The molecule has 110 valence electrons. The van der Waals surface area contributed by atoms with E-state index in [9.17, 15) is 9.50 Å². The van der Waals surface area contributed by atoms with Crippen molar-refractivity contribution in [2.45, 2.75) is 19.5 Å². The highest BCUT2D eigenvalue weighted by Crippen LogP contribution is 2.35. The molecule has 0 bridgehead atoms. The molecule has 4 nitrogen and oxygen atoms in total. The summed E-state index contributed by atoms with van der Waals surface area (Å²) >= 11 is 0. The molecule has 2 N–H and O–H groups in total. The third-order valence-corrected chi connectivity index (χ3v) is 3.54. The van der Waals surface area contributed by atoms with Crippen molar-refractivity contribution >= 4 is 0 Å². The highest BCUT2D eigenvalue weighted by atomic mass is 19.1. The number of aromatic hydroxyl groups is 1. The van der Waals surface area contributed by atoms with Gasteiger partial charge in [0.25, 0.3) is 0 Å². The molecule has 1 atom stereocenters. The Labute approximate surface area is 122 Å². The lowest BCUT2D eigenvalue weighted by Crippen LogP contribution is -2.18. The number of phenols is 1. The van der Waals surface area contributed by atoms with Gasteiger partial charge >= 0.3 is 0 Å². The van der Waals surface area contributed by atoms with E-state index in [0.29, 0.717) is 12.1 Å². The van der Waals surface area contributed by atoms with Crippen molar-refractivity contribution in [2.75, 3.05) is 6.79 Å². The summed E-state index contributed by atoms with van der Waals surface area (Å²) in [5.74, 6) is 0.995. The van der Waals surface area contributed by atoms with E-state index in [1.165, 1.54) is 6.07 Å². The minimum atomic E-state index is -0.449. The van der Waals surface area contributed by atoms with Crippen LogP contribution in [0.4, 0.5) is 4.39 Å². The molecule has 0 amide bonds. The van der Waals surface area contributed by atoms with Crippen LogP contribution >= 0.6 is 0 Å². The van der Waals surface area contributed by atoms with E-state index < -0.39 is 5.82 Å². The molecule has 1 unspecified atom stereocenters. The number of rotatable bonds is 4.